The minimum absolute atomic E-state index is 0.203. The first-order valence-electron chi connectivity index (χ1n) is 7.28. The van der Waals surface area contributed by atoms with Crippen molar-refractivity contribution in [1.82, 2.24) is 15.8 Å². The van der Waals surface area contributed by atoms with Crippen LogP contribution >= 0.6 is 0 Å². The maximum atomic E-state index is 12.5. The van der Waals surface area contributed by atoms with E-state index in [1.807, 2.05) is 30.3 Å². The van der Waals surface area contributed by atoms with E-state index in [-0.39, 0.29) is 24.6 Å². The van der Waals surface area contributed by atoms with Crippen LogP contribution < -0.4 is 10.9 Å². The lowest BCUT2D eigenvalue weighted by Gasteiger charge is -2.28. The maximum Gasteiger partial charge on any atom is 0.417 e. The average Bonchev–Trinajstić information content (AvgIpc) is 2.89. The quantitative estimate of drug-likeness (QED) is 0.862. The lowest BCUT2D eigenvalue weighted by molar-refractivity contribution is -0.132. The van der Waals surface area contributed by atoms with Crippen LogP contribution in [0.5, 0.6) is 0 Å². The zero-order valence-electron chi connectivity index (χ0n) is 11.7. The Balaban J connectivity index is 1.71. The van der Waals surface area contributed by atoms with Crippen molar-refractivity contribution in [3.63, 3.8) is 0 Å². The van der Waals surface area contributed by atoms with Gasteiger partial charge in [0.25, 0.3) is 5.91 Å². The first-order chi connectivity index (χ1) is 10.3. The number of benzene rings is 1. The van der Waals surface area contributed by atoms with Crippen molar-refractivity contribution < 1.29 is 14.3 Å². The number of hydrogen-bond acceptors (Lipinski definition) is 5. The van der Waals surface area contributed by atoms with Crippen LogP contribution in [0.2, 0.25) is 0 Å². The number of nitrogens with zero attached hydrogens (tertiary/aromatic N) is 1. The van der Waals surface area contributed by atoms with Crippen LogP contribution in [0.3, 0.4) is 0 Å². The molecule has 2 atom stereocenters. The molecule has 3 rings (SSSR count). The minimum Gasteiger partial charge on any atom is -0.447 e. The molecule has 2 N–H and O–H groups in total. The Morgan fingerprint density at radius 3 is 2.86 bits per heavy atom. The molecule has 2 amide bonds. The minimum atomic E-state index is -0.534. The van der Waals surface area contributed by atoms with E-state index in [1.54, 1.807) is 0 Å². The molecule has 0 bridgehead atoms. The number of cyclic esters (lactones) is 1. The summed E-state index contributed by atoms with van der Waals surface area (Å²) in [6, 6.07) is 9.24. The fourth-order valence-corrected chi connectivity index (χ4v) is 2.78. The Hall–Kier alpha value is -1.92. The number of hydrogen-bond donors (Lipinski definition) is 2. The maximum absolute atomic E-state index is 12.5. The number of ether oxygens (including phenoxy) is 1. The third-order valence-electron chi connectivity index (χ3n) is 3.88. The van der Waals surface area contributed by atoms with Gasteiger partial charge in [0.1, 0.15) is 12.6 Å². The van der Waals surface area contributed by atoms with Crippen molar-refractivity contribution in [2.24, 2.45) is 0 Å². The van der Waals surface area contributed by atoms with E-state index < -0.39 is 6.09 Å². The summed E-state index contributed by atoms with van der Waals surface area (Å²) >= 11 is 0. The Morgan fingerprint density at radius 1 is 1.33 bits per heavy atom. The molecular formula is C15H19N3O3. The van der Waals surface area contributed by atoms with Gasteiger partial charge in [-0.1, -0.05) is 30.3 Å². The number of hydrazine groups is 1. The van der Waals surface area contributed by atoms with Gasteiger partial charge in [0, 0.05) is 6.54 Å². The molecule has 0 aromatic heterocycles. The van der Waals surface area contributed by atoms with Crippen molar-refractivity contribution >= 4 is 12.0 Å². The fraction of sp³-hybridized carbons (Fsp3) is 0.467. The zero-order chi connectivity index (χ0) is 14.7. The Kier molecular flexibility index (Phi) is 4.17. The summed E-state index contributed by atoms with van der Waals surface area (Å²) in [4.78, 5) is 25.7. The lowest BCUT2D eigenvalue weighted by Crippen LogP contribution is -2.56. The van der Waals surface area contributed by atoms with E-state index >= 15 is 0 Å². The van der Waals surface area contributed by atoms with Gasteiger partial charge in [-0.05, 0) is 24.8 Å². The number of imide groups is 1. The molecule has 6 nitrogen and oxygen atoms in total. The number of amides is 2. The third kappa shape index (κ3) is 3.06. The predicted octanol–water partition coefficient (Wildman–Crippen LogP) is 0.833. The summed E-state index contributed by atoms with van der Waals surface area (Å²) in [5.74, 6) is -0.203. The summed E-state index contributed by atoms with van der Waals surface area (Å²) in [6.07, 6.45) is 1.73. The fourth-order valence-electron chi connectivity index (χ4n) is 2.78. The standard InChI is InChI=1S/C15H19N3O3/c19-14(13-7-4-8-16-17-13)18-12(10-21-15(18)20)9-11-5-2-1-3-6-11/h1-3,5-6,12-13,16-17H,4,7-10H2/t12-,13-/m0/s1. The van der Waals surface area contributed by atoms with Gasteiger partial charge in [-0.3, -0.25) is 10.2 Å². The summed E-state index contributed by atoms with van der Waals surface area (Å²) < 4.78 is 5.08. The smallest absolute Gasteiger partial charge is 0.417 e. The highest BCUT2D eigenvalue weighted by atomic mass is 16.6. The molecule has 2 heterocycles. The van der Waals surface area contributed by atoms with E-state index in [2.05, 4.69) is 10.9 Å². The average molecular weight is 289 g/mol. The molecule has 21 heavy (non-hydrogen) atoms. The van der Waals surface area contributed by atoms with Crippen LogP contribution in [0.1, 0.15) is 18.4 Å². The number of carbonyl (C=O) groups is 2. The topological polar surface area (TPSA) is 70.7 Å². The molecule has 2 aliphatic heterocycles. The van der Waals surface area contributed by atoms with Gasteiger partial charge in [-0.25, -0.2) is 15.1 Å². The molecule has 0 saturated carbocycles. The second kappa shape index (κ2) is 6.24. The van der Waals surface area contributed by atoms with Gasteiger partial charge < -0.3 is 4.74 Å². The highest BCUT2D eigenvalue weighted by Gasteiger charge is 2.40. The van der Waals surface area contributed by atoms with Crippen LogP contribution in [-0.4, -0.2) is 42.1 Å². The first-order valence-corrected chi connectivity index (χ1v) is 7.28. The largest absolute Gasteiger partial charge is 0.447 e. The summed E-state index contributed by atoms with van der Waals surface area (Å²) in [7, 11) is 0. The van der Waals surface area contributed by atoms with E-state index in [1.165, 1.54) is 4.90 Å². The van der Waals surface area contributed by atoms with E-state index in [0.717, 1.165) is 24.9 Å². The van der Waals surface area contributed by atoms with Crippen LogP contribution in [0.15, 0.2) is 30.3 Å². The molecular weight excluding hydrogens is 270 g/mol. The molecule has 2 saturated heterocycles. The van der Waals surface area contributed by atoms with Crippen LogP contribution in [-0.2, 0) is 16.0 Å². The lowest BCUT2D eigenvalue weighted by atomic mass is 10.0. The number of nitrogens with one attached hydrogen (secondary N) is 2. The molecule has 0 unspecified atom stereocenters. The van der Waals surface area contributed by atoms with Crippen LogP contribution in [0.25, 0.3) is 0 Å². The normalized spacial score (nSPS) is 25.7. The Labute approximate surface area is 123 Å². The summed E-state index contributed by atoms with van der Waals surface area (Å²) in [6.45, 7) is 1.10. The highest BCUT2D eigenvalue weighted by molar-refractivity contribution is 5.96. The van der Waals surface area contributed by atoms with Gasteiger partial charge in [0.2, 0.25) is 0 Å². The number of rotatable bonds is 3. The molecule has 112 valence electrons. The van der Waals surface area contributed by atoms with Crippen LogP contribution in [0, 0.1) is 0 Å². The monoisotopic (exact) mass is 289 g/mol. The van der Waals surface area contributed by atoms with Crippen molar-refractivity contribution in [2.45, 2.75) is 31.3 Å². The number of carbonyl (C=O) groups excluding carboxylic acids is 2. The van der Waals surface area contributed by atoms with Crippen molar-refractivity contribution in [2.75, 3.05) is 13.2 Å². The molecule has 6 heteroatoms. The van der Waals surface area contributed by atoms with Crippen molar-refractivity contribution in [3.8, 4) is 0 Å². The van der Waals surface area contributed by atoms with Gasteiger partial charge in [0.15, 0.2) is 0 Å². The van der Waals surface area contributed by atoms with E-state index in [9.17, 15) is 9.59 Å². The first kappa shape index (κ1) is 14.0. The predicted molar refractivity (Wildman–Crippen MR) is 76.3 cm³/mol. The molecule has 2 aliphatic rings. The van der Waals surface area contributed by atoms with Gasteiger partial charge in [0.05, 0.1) is 6.04 Å². The van der Waals surface area contributed by atoms with Gasteiger partial charge >= 0.3 is 6.09 Å². The van der Waals surface area contributed by atoms with E-state index in [4.69, 9.17) is 4.74 Å². The zero-order valence-corrected chi connectivity index (χ0v) is 11.7. The SMILES string of the molecule is O=C1OC[C@H](Cc2ccccc2)N1C(=O)[C@@H]1CCCNN1. The summed E-state index contributed by atoms with van der Waals surface area (Å²) in [5, 5.41) is 0. The second-order valence-corrected chi connectivity index (χ2v) is 5.39. The van der Waals surface area contributed by atoms with Crippen molar-refractivity contribution in [3.05, 3.63) is 35.9 Å². The van der Waals surface area contributed by atoms with Gasteiger partial charge in [-0.15, -0.1) is 0 Å². The van der Waals surface area contributed by atoms with E-state index in [0.29, 0.717) is 6.42 Å². The van der Waals surface area contributed by atoms with Gasteiger partial charge in [-0.2, -0.15) is 0 Å². The molecule has 1 aromatic rings. The Morgan fingerprint density at radius 2 is 2.14 bits per heavy atom. The summed E-state index contributed by atoms with van der Waals surface area (Å²) in [5.41, 5.74) is 7.01. The second-order valence-electron chi connectivity index (χ2n) is 5.39. The van der Waals surface area contributed by atoms with Crippen LogP contribution in [0.4, 0.5) is 4.79 Å². The molecule has 0 spiro atoms. The van der Waals surface area contributed by atoms with Crippen molar-refractivity contribution in [1.29, 1.82) is 0 Å². The molecule has 2 fully saturated rings. The molecule has 1 aromatic carbocycles. The highest BCUT2D eigenvalue weighted by Crippen LogP contribution is 2.19. The molecule has 0 aliphatic carbocycles. The third-order valence-corrected chi connectivity index (χ3v) is 3.88. The Bertz CT molecular complexity index is 514. The molecule has 0 radical (unpaired) electrons.